The van der Waals surface area contributed by atoms with Gasteiger partial charge in [0.2, 0.25) is 5.91 Å². The molecule has 1 aromatic carbocycles. The number of benzene rings is 1. The van der Waals surface area contributed by atoms with Gasteiger partial charge in [-0.15, -0.1) is 0 Å². The van der Waals surface area contributed by atoms with Gasteiger partial charge in [0, 0.05) is 43.9 Å². The minimum absolute atomic E-state index is 0.117. The molecule has 2 aromatic rings. The van der Waals surface area contributed by atoms with E-state index in [0.29, 0.717) is 19.3 Å². The number of aryl methyl sites for hydroxylation is 1. The first-order valence-corrected chi connectivity index (χ1v) is 10.8. The number of aromatic nitrogens is 2. The summed E-state index contributed by atoms with van der Waals surface area (Å²) in [6.07, 6.45) is -1.52. The summed E-state index contributed by atoms with van der Waals surface area (Å²) in [5.41, 5.74) is 2.71. The summed E-state index contributed by atoms with van der Waals surface area (Å²) >= 11 is 0. The Morgan fingerprint density at radius 1 is 1.15 bits per heavy atom. The van der Waals surface area contributed by atoms with Gasteiger partial charge in [0.25, 0.3) is 5.91 Å². The van der Waals surface area contributed by atoms with E-state index in [-0.39, 0.29) is 28.9 Å². The lowest BCUT2D eigenvalue weighted by atomic mass is 9.64. The number of hydrazine groups is 1. The zero-order valence-corrected chi connectivity index (χ0v) is 18.9. The Morgan fingerprint density at radius 3 is 2.50 bits per heavy atom. The molecule has 2 fully saturated rings. The highest BCUT2D eigenvalue weighted by molar-refractivity contribution is 5.99. The van der Waals surface area contributed by atoms with Crippen LogP contribution >= 0.6 is 0 Å². The van der Waals surface area contributed by atoms with E-state index in [9.17, 15) is 27.6 Å². The van der Waals surface area contributed by atoms with Crippen molar-refractivity contribution in [1.82, 2.24) is 25.5 Å². The zero-order valence-electron chi connectivity index (χ0n) is 18.9. The van der Waals surface area contributed by atoms with Crippen molar-refractivity contribution < 1.29 is 27.6 Å². The van der Waals surface area contributed by atoms with Crippen LogP contribution < -0.4 is 16.2 Å². The molecule has 2 heterocycles. The van der Waals surface area contributed by atoms with Gasteiger partial charge in [-0.3, -0.25) is 25.1 Å². The van der Waals surface area contributed by atoms with Gasteiger partial charge in [-0.2, -0.15) is 18.3 Å². The van der Waals surface area contributed by atoms with Crippen LogP contribution in [0.15, 0.2) is 30.5 Å². The summed E-state index contributed by atoms with van der Waals surface area (Å²) in [6, 6.07) is 3.99. The second-order valence-corrected chi connectivity index (χ2v) is 9.00. The summed E-state index contributed by atoms with van der Waals surface area (Å²) in [4.78, 5) is 38.7. The number of halogens is 3. The Kier molecular flexibility index (Phi) is 5.78. The van der Waals surface area contributed by atoms with Crippen molar-refractivity contribution in [2.75, 3.05) is 5.32 Å². The Morgan fingerprint density at radius 2 is 1.88 bits per heavy atom. The standard InChI is InChI=1S/C22H25F3N6O3/c1-12-8-15-11-21(10-12,19(33)28-27-13(2)32)31(15)20(34)26-14-4-5-17(22(23,24)25)16(9-14)18-6-7-30(3)29-18/h4-7,9,12,15H,8,10-11H2,1-3H3,(H,26,34)(H,27,32)(H,28,33)/t12?,15?,21-/m0/s1. The number of carbonyl (C=O) groups excluding carboxylic acids is 3. The summed E-state index contributed by atoms with van der Waals surface area (Å²) < 4.78 is 42.1. The maximum atomic E-state index is 13.6. The molecule has 1 aliphatic heterocycles. The molecule has 0 radical (unpaired) electrons. The first-order chi connectivity index (χ1) is 15.9. The van der Waals surface area contributed by atoms with E-state index in [4.69, 9.17) is 0 Å². The number of nitrogens with one attached hydrogen (secondary N) is 3. The average molecular weight is 478 g/mol. The van der Waals surface area contributed by atoms with E-state index < -0.39 is 35.1 Å². The van der Waals surface area contributed by atoms with Crippen molar-refractivity contribution in [3.63, 3.8) is 0 Å². The topological polar surface area (TPSA) is 108 Å². The fourth-order valence-corrected chi connectivity index (χ4v) is 5.05. The lowest BCUT2D eigenvalue weighted by Gasteiger charge is -2.61. The van der Waals surface area contributed by atoms with Gasteiger partial charge in [0.15, 0.2) is 0 Å². The number of hydrogen-bond acceptors (Lipinski definition) is 4. The van der Waals surface area contributed by atoms with Crippen molar-refractivity contribution in [2.45, 2.75) is 50.9 Å². The normalized spacial score (nSPS) is 23.6. The first-order valence-electron chi connectivity index (χ1n) is 10.8. The predicted octanol–water partition coefficient (Wildman–Crippen LogP) is 3.05. The summed E-state index contributed by atoms with van der Waals surface area (Å²) in [5.74, 6) is -0.762. The van der Waals surface area contributed by atoms with Crippen LogP contribution in [-0.2, 0) is 22.8 Å². The number of piperidine rings is 1. The van der Waals surface area contributed by atoms with E-state index >= 15 is 0 Å². The van der Waals surface area contributed by atoms with E-state index in [2.05, 4.69) is 21.3 Å². The van der Waals surface area contributed by atoms with Crippen molar-refractivity contribution in [3.8, 4) is 11.3 Å². The zero-order chi connectivity index (χ0) is 24.8. The molecule has 34 heavy (non-hydrogen) atoms. The lowest BCUT2D eigenvalue weighted by molar-refractivity contribution is -0.157. The second kappa shape index (κ2) is 8.33. The molecule has 2 aliphatic rings. The van der Waals surface area contributed by atoms with Crippen LogP contribution in [-0.4, -0.2) is 44.1 Å². The maximum absolute atomic E-state index is 13.6. The van der Waals surface area contributed by atoms with Gasteiger partial charge in [-0.05, 0) is 43.0 Å². The molecule has 9 nitrogen and oxygen atoms in total. The second-order valence-electron chi connectivity index (χ2n) is 9.00. The summed E-state index contributed by atoms with van der Waals surface area (Å²) in [6.45, 7) is 3.23. The van der Waals surface area contributed by atoms with Crippen LogP contribution in [0.4, 0.5) is 23.7 Å². The summed E-state index contributed by atoms with van der Waals surface area (Å²) in [5, 5.41) is 6.71. The number of urea groups is 1. The van der Waals surface area contributed by atoms with Gasteiger partial charge < -0.3 is 10.2 Å². The Bertz CT molecular complexity index is 1150. The van der Waals surface area contributed by atoms with E-state index in [0.717, 1.165) is 6.07 Å². The molecular weight excluding hydrogens is 453 g/mol. The van der Waals surface area contributed by atoms with Crippen molar-refractivity contribution in [3.05, 3.63) is 36.0 Å². The molecule has 12 heteroatoms. The molecule has 3 N–H and O–H groups in total. The number of fused-ring (bicyclic) bond motifs is 2. The maximum Gasteiger partial charge on any atom is 0.417 e. The molecule has 1 saturated heterocycles. The van der Waals surface area contributed by atoms with E-state index in [1.54, 1.807) is 7.05 Å². The average Bonchev–Trinajstić information content (AvgIpc) is 3.16. The Hall–Kier alpha value is -3.57. The molecule has 182 valence electrons. The third-order valence-corrected chi connectivity index (χ3v) is 6.32. The molecular formula is C22H25F3N6O3. The van der Waals surface area contributed by atoms with E-state index in [1.165, 1.54) is 40.9 Å². The minimum Gasteiger partial charge on any atom is -0.308 e. The molecule has 4 rings (SSSR count). The molecule has 3 atom stereocenters. The number of carbonyl (C=O) groups is 3. The highest BCUT2D eigenvalue weighted by Gasteiger charge is 2.62. The number of amides is 4. The molecule has 2 bridgehead atoms. The largest absolute Gasteiger partial charge is 0.417 e. The third kappa shape index (κ3) is 4.19. The Balaban J connectivity index is 1.60. The third-order valence-electron chi connectivity index (χ3n) is 6.32. The quantitative estimate of drug-likeness (QED) is 0.590. The molecule has 1 aromatic heterocycles. The number of nitrogens with zero attached hydrogens (tertiary/aromatic N) is 3. The first kappa shape index (κ1) is 23.6. The predicted molar refractivity (Wildman–Crippen MR) is 116 cm³/mol. The number of alkyl halides is 3. The van der Waals surface area contributed by atoms with Crippen LogP contribution in [0.5, 0.6) is 0 Å². The SMILES string of the molecule is CC(=O)NNC(=O)[C@]12CC(C)CC(C1)N2C(=O)Nc1ccc(C(F)(F)F)c(-c2ccn(C)n2)c1. The molecule has 4 amide bonds. The highest BCUT2D eigenvalue weighted by atomic mass is 19.4. The number of rotatable bonds is 3. The van der Waals surface area contributed by atoms with Crippen LogP contribution in [0.1, 0.15) is 38.7 Å². The van der Waals surface area contributed by atoms with Crippen LogP contribution in [0.25, 0.3) is 11.3 Å². The molecule has 2 unspecified atom stereocenters. The highest BCUT2D eigenvalue weighted by Crippen LogP contribution is 2.50. The molecule has 1 saturated carbocycles. The fraction of sp³-hybridized carbons (Fsp3) is 0.455. The van der Waals surface area contributed by atoms with Crippen LogP contribution in [0.3, 0.4) is 0 Å². The smallest absolute Gasteiger partial charge is 0.308 e. The van der Waals surface area contributed by atoms with Gasteiger partial charge in [0.05, 0.1) is 11.3 Å². The Labute approximate surface area is 193 Å². The number of anilines is 1. The van der Waals surface area contributed by atoms with Gasteiger partial charge in [-0.25, -0.2) is 4.79 Å². The number of likely N-dealkylation sites (tertiary alicyclic amines) is 1. The van der Waals surface area contributed by atoms with Crippen molar-refractivity contribution in [1.29, 1.82) is 0 Å². The van der Waals surface area contributed by atoms with Gasteiger partial charge >= 0.3 is 12.2 Å². The van der Waals surface area contributed by atoms with Crippen LogP contribution in [0.2, 0.25) is 0 Å². The van der Waals surface area contributed by atoms with Crippen LogP contribution in [0, 0.1) is 5.92 Å². The lowest BCUT2D eigenvalue weighted by Crippen LogP contribution is -2.77. The molecule has 0 spiro atoms. The summed E-state index contributed by atoms with van der Waals surface area (Å²) in [7, 11) is 1.59. The number of hydrogen-bond donors (Lipinski definition) is 3. The van der Waals surface area contributed by atoms with Crippen molar-refractivity contribution in [2.24, 2.45) is 13.0 Å². The van der Waals surface area contributed by atoms with Crippen molar-refractivity contribution >= 4 is 23.5 Å². The van der Waals surface area contributed by atoms with Gasteiger partial charge in [0.1, 0.15) is 5.54 Å². The minimum atomic E-state index is -4.61. The molecule has 1 aliphatic carbocycles. The van der Waals surface area contributed by atoms with Gasteiger partial charge in [-0.1, -0.05) is 6.92 Å². The monoisotopic (exact) mass is 478 g/mol. The fourth-order valence-electron chi connectivity index (χ4n) is 5.05. The van der Waals surface area contributed by atoms with E-state index in [1.807, 2.05) is 6.92 Å².